The van der Waals surface area contributed by atoms with Gasteiger partial charge in [-0.15, -0.1) is 0 Å². The van der Waals surface area contributed by atoms with Gasteiger partial charge in [-0.25, -0.2) is 8.78 Å². The van der Waals surface area contributed by atoms with E-state index in [1.807, 2.05) is 6.92 Å². The molecule has 2 aliphatic rings. The van der Waals surface area contributed by atoms with Gasteiger partial charge in [0.1, 0.15) is 62.2 Å². The fourth-order valence-corrected chi connectivity index (χ4v) is 5.89. The highest BCUT2D eigenvalue weighted by Gasteiger charge is 2.25. The summed E-state index contributed by atoms with van der Waals surface area (Å²) in [7, 11) is 4.78. The lowest BCUT2D eigenvalue weighted by molar-refractivity contribution is -0.141. The molecule has 17 heteroatoms. The molecule has 0 spiro atoms. The Bertz CT molecular complexity index is 2310. The first kappa shape index (κ1) is 41.3. The highest BCUT2D eigenvalue weighted by molar-refractivity contribution is 6.03. The number of rotatable bonds is 16. The van der Waals surface area contributed by atoms with Crippen molar-refractivity contribution in [1.29, 1.82) is 0 Å². The third-order valence-corrected chi connectivity index (χ3v) is 8.67. The normalized spacial score (nSPS) is 10.9. The first-order chi connectivity index (χ1) is 27.3. The zero-order valence-electron chi connectivity index (χ0n) is 31.5. The number of fused-ring (bicyclic) bond motifs is 2. The summed E-state index contributed by atoms with van der Waals surface area (Å²) in [6.45, 7) is 0.0755. The number of esters is 4. The number of carbonyl (C=O) groups is 4. The van der Waals surface area contributed by atoms with Crippen molar-refractivity contribution >= 4 is 46.2 Å². The topological polar surface area (TPSA) is 181 Å². The van der Waals surface area contributed by atoms with Crippen LogP contribution >= 0.6 is 0 Å². The first-order valence-corrected chi connectivity index (χ1v) is 17.1. The highest BCUT2D eigenvalue weighted by Crippen LogP contribution is 2.44. The van der Waals surface area contributed by atoms with E-state index in [-0.39, 0.29) is 71.3 Å². The minimum absolute atomic E-state index is 0.0253. The van der Waals surface area contributed by atoms with Crippen molar-refractivity contribution in [2.75, 3.05) is 77.6 Å². The van der Waals surface area contributed by atoms with Gasteiger partial charge in [0, 0.05) is 28.6 Å². The van der Waals surface area contributed by atoms with E-state index in [1.165, 1.54) is 56.4 Å². The monoisotopic (exact) mass is 792 g/mol. The fraction of sp³-hybridized carbons (Fsp3) is 0.275. The van der Waals surface area contributed by atoms with Gasteiger partial charge in [-0.2, -0.15) is 0 Å². The molecule has 0 saturated carbocycles. The van der Waals surface area contributed by atoms with Crippen LogP contribution in [0.25, 0.3) is 33.4 Å². The van der Waals surface area contributed by atoms with E-state index in [9.17, 15) is 37.9 Å². The van der Waals surface area contributed by atoms with Crippen LogP contribution in [0, 0.1) is 18.6 Å². The number of carbonyl (C=O) groups excluding carboxylic acids is 4. The smallest absolute Gasteiger partial charge is 0.325 e. The number of halogens is 2. The van der Waals surface area contributed by atoms with Gasteiger partial charge in [-0.1, -0.05) is 12.1 Å². The second kappa shape index (κ2) is 18.1. The summed E-state index contributed by atoms with van der Waals surface area (Å²) < 4.78 is 67.1. The lowest BCUT2D eigenvalue weighted by Gasteiger charge is -2.26. The number of hydrogen-bond acceptors (Lipinski definition) is 15. The molecule has 5 rings (SSSR count). The Balaban J connectivity index is 1.58. The summed E-state index contributed by atoms with van der Waals surface area (Å²) in [5.41, 5.74) is 0.979. The molecule has 300 valence electrons. The lowest BCUT2D eigenvalue weighted by Crippen LogP contribution is -2.36. The number of nitrogens with zero attached hydrogens (tertiary/aromatic N) is 2. The first-order valence-electron chi connectivity index (χ1n) is 17.1. The van der Waals surface area contributed by atoms with E-state index in [0.717, 1.165) is 29.8 Å². The molecular formula is C40H38F2N2O13. The maximum absolute atomic E-state index is 14.9. The highest BCUT2D eigenvalue weighted by atomic mass is 19.1. The Morgan fingerprint density at radius 2 is 1.23 bits per heavy atom. The molecule has 0 radical (unpaired) electrons. The van der Waals surface area contributed by atoms with Crippen LogP contribution in [0.3, 0.4) is 0 Å². The molecule has 0 unspecified atom stereocenters. The minimum Gasteiger partial charge on any atom is -0.505 e. The van der Waals surface area contributed by atoms with Crippen molar-refractivity contribution in [2.24, 2.45) is 0 Å². The molecule has 3 aromatic rings. The molecule has 1 heterocycles. The molecule has 3 aromatic carbocycles. The van der Waals surface area contributed by atoms with Crippen LogP contribution in [0.1, 0.15) is 5.56 Å². The Hall–Kier alpha value is -6.91. The third-order valence-electron chi connectivity index (χ3n) is 8.67. The van der Waals surface area contributed by atoms with Gasteiger partial charge in [0.2, 0.25) is 5.43 Å². The van der Waals surface area contributed by atoms with Crippen LogP contribution in [0.5, 0.6) is 17.2 Å². The minimum atomic E-state index is -1.10. The summed E-state index contributed by atoms with van der Waals surface area (Å²) in [6.07, 6.45) is 0. The number of benzene rings is 4. The van der Waals surface area contributed by atoms with Gasteiger partial charge in [0.15, 0.2) is 17.4 Å². The average molecular weight is 793 g/mol. The van der Waals surface area contributed by atoms with E-state index in [2.05, 4.69) is 0 Å². The maximum atomic E-state index is 14.9. The van der Waals surface area contributed by atoms with E-state index < -0.39 is 59.8 Å². The SMILES string of the molecule is COC(=O)CN(CC(=O)OC)c1ccc(-c2c3cc(F)c(=O)cc-3oc3cc(O)c(F)cc23)cc1OCCOc1ccc(C)cc1N(CC(=O)OC)CC(=O)OC. The van der Waals surface area contributed by atoms with Crippen molar-refractivity contribution in [3.8, 4) is 39.7 Å². The summed E-state index contributed by atoms with van der Waals surface area (Å²) in [5.74, 6) is -5.18. The Labute approximate surface area is 324 Å². The predicted molar refractivity (Wildman–Crippen MR) is 201 cm³/mol. The standard InChI is InChI=1S/C40H38F2N2O13/c1-22-6-9-32(29(12-22)44(20-38(49)53-4)21-39(50)54-5)55-10-11-56-35-13-23(7-8-28(35)43(18-36(47)51-2)19-37(48)52-3)40-24-14-26(41)30(45)16-33(24)57-34-17-31(46)27(42)15-25(34)40/h6-9,12-17,45H,10-11,18-21H2,1-5H3. The number of phenolic OH excluding ortho intramolecular Hbond substituents is 1. The molecule has 1 N–H and O–H groups in total. The summed E-state index contributed by atoms with van der Waals surface area (Å²) in [4.78, 5) is 64.6. The number of hydrogen-bond donors (Lipinski definition) is 1. The predicted octanol–water partition coefficient (Wildman–Crippen LogP) is 4.62. The van der Waals surface area contributed by atoms with Gasteiger partial charge in [0.05, 0.1) is 39.8 Å². The number of aromatic hydroxyl groups is 1. The molecular weight excluding hydrogens is 754 g/mol. The molecule has 0 atom stereocenters. The number of phenols is 1. The van der Waals surface area contributed by atoms with Crippen molar-refractivity contribution in [1.82, 2.24) is 0 Å². The van der Waals surface area contributed by atoms with Gasteiger partial charge in [0.25, 0.3) is 0 Å². The molecule has 1 aliphatic carbocycles. The van der Waals surface area contributed by atoms with E-state index in [1.54, 1.807) is 18.2 Å². The van der Waals surface area contributed by atoms with Crippen LogP contribution in [0.2, 0.25) is 0 Å². The molecule has 0 saturated heterocycles. The fourth-order valence-electron chi connectivity index (χ4n) is 5.89. The van der Waals surface area contributed by atoms with Crippen molar-refractivity contribution in [2.45, 2.75) is 6.92 Å². The molecule has 1 aliphatic heterocycles. The number of aryl methyl sites for hydroxylation is 1. The van der Waals surface area contributed by atoms with Crippen LogP contribution in [-0.2, 0) is 38.1 Å². The van der Waals surface area contributed by atoms with Gasteiger partial charge in [-0.05, 0) is 54.4 Å². The Morgan fingerprint density at radius 3 is 1.81 bits per heavy atom. The summed E-state index contributed by atoms with van der Waals surface area (Å²) in [5, 5.41) is 10.2. The Kier molecular flexibility index (Phi) is 13.1. The summed E-state index contributed by atoms with van der Waals surface area (Å²) in [6, 6.07) is 13.6. The van der Waals surface area contributed by atoms with Crippen LogP contribution < -0.4 is 24.7 Å². The van der Waals surface area contributed by atoms with Gasteiger partial charge < -0.3 is 47.7 Å². The van der Waals surface area contributed by atoms with Crippen LogP contribution in [0.15, 0.2) is 69.9 Å². The average Bonchev–Trinajstić information content (AvgIpc) is 3.19. The van der Waals surface area contributed by atoms with E-state index in [4.69, 9.17) is 32.8 Å². The number of methoxy groups -OCH3 is 4. The van der Waals surface area contributed by atoms with Crippen molar-refractivity contribution in [3.63, 3.8) is 0 Å². The zero-order valence-corrected chi connectivity index (χ0v) is 31.5. The molecule has 0 amide bonds. The molecule has 0 fully saturated rings. The Morgan fingerprint density at radius 1 is 0.667 bits per heavy atom. The second-order valence-corrected chi connectivity index (χ2v) is 12.4. The quantitative estimate of drug-likeness (QED) is 0.0633. The van der Waals surface area contributed by atoms with E-state index >= 15 is 0 Å². The molecule has 0 aromatic heterocycles. The number of anilines is 2. The molecule has 0 bridgehead atoms. The second-order valence-electron chi connectivity index (χ2n) is 12.4. The summed E-state index contributed by atoms with van der Waals surface area (Å²) >= 11 is 0. The third kappa shape index (κ3) is 9.67. The molecule has 57 heavy (non-hydrogen) atoms. The lowest BCUT2D eigenvalue weighted by atomic mass is 9.93. The largest absolute Gasteiger partial charge is 0.505 e. The van der Waals surface area contributed by atoms with Crippen molar-refractivity contribution < 1.29 is 65.9 Å². The number of ether oxygens (including phenoxy) is 6. The van der Waals surface area contributed by atoms with Crippen molar-refractivity contribution in [3.05, 3.63) is 88.1 Å². The van der Waals surface area contributed by atoms with Crippen LogP contribution in [0.4, 0.5) is 20.2 Å². The van der Waals surface area contributed by atoms with Gasteiger partial charge >= 0.3 is 23.9 Å². The zero-order chi connectivity index (χ0) is 41.4. The van der Waals surface area contributed by atoms with Gasteiger partial charge in [-0.3, -0.25) is 24.0 Å². The molecule has 15 nitrogen and oxygen atoms in total. The van der Waals surface area contributed by atoms with Crippen LogP contribution in [-0.4, -0.2) is 96.8 Å². The van der Waals surface area contributed by atoms with E-state index in [0.29, 0.717) is 11.3 Å². The maximum Gasteiger partial charge on any atom is 0.325 e.